The van der Waals surface area contributed by atoms with Crippen molar-refractivity contribution in [3.63, 3.8) is 0 Å². The van der Waals surface area contributed by atoms with Crippen molar-refractivity contribution in [1.82, 2.24) is 34.4 Å². The summed E-state index contributed by atoms with van der Waals surface area (Å²) in [7, 11) is 1.61. The lowest BCUT2D eigenvalue weighted by Crippen LogP contribution is -2.16. The van der Waals surface area contributed by atoms with Gasteiger partial charge in [-0.3, -0.25) is 4.90 Å². The number of fused-ring (bicyclic) bond motifs is 4. The van der Waals surface area contributed by atoms with Gasteiger partial charge in [-0.15, -0.1) is 5.10 Å². The molecule has 0 saturated heterocycles. The normalized spacial score (nSPS) is 14.1. The van der Waals surface area contributed by atoms with Crippen molar-refractivity contribution >= 4 is 22.5 Å². The van der Waals surface area contributed by atoms with E-state index in [1.165, 1.54) is 0 Å². The fourth-order valence-corrected chi connectivity index (χ4v) is 3.53. The van der Waals surface area contributed by atoms with Crippen LogP contribution in [0.25, 0.3) is 16.6 Å². The zero-order chi connectivity index (χ0) is 18.5. The molecule has 0 atom stereocenters. The van der Waals surface area contributed by atoms with E-state index in [4.69, 9.17) is 15.5 Å². The molecule has 4 aromatic rings. The van der Waals surface area contributed by atoms with Crippen molar-refractivity contribution in [2.45, 2.75) is 26.6 Å². The number of aryl methyl sites for hydroxylation is 1. The average Bonchev–Trinajstić information content (AvgIpc) is 3.25. The summed E-state index contributed by atoms with van der Waals surface area (Å²) in [6.07, 6.45) is 1.90. The fourth-order valence-electron chi connectivity index (χ4n) is 3.53. The molecular weight excluding hydrogens is 344 g/mol. The van der Waals surface area contributed by atoms with Crippen molar-refractivity contribution in [3.05, 3.63) is 47.3 Å². The molecule has 1 aliphatic rings. The maximum absolute atomic E-state index is 6.11. The topological polar surface area (TPSA) is 107 Å². The van der Waals surface area contributed by atoms with Gasteiger partial charge in [0.15, 0.2) is 11.5 Å². The predicted molar refractivity (Wildman–Crippen MR) is 99.0 cm³/mol. The average molecular weight is 362 g/mol. The summed E-state index contributed by atoms with van der Waals surface area (Å²) in [5.74, 6) is 2.43. The lowest BCUT2D eigenvalue weighted by atomic mass is 10.2. The molecule has 0 unspecified atom stereocenters. The molecule has 0 radical (unpaired) electrons. The van der Waals surface area contributed by atoms with Crippen LogP contribution in [0.4, 0.5) is 5.95 Å². The number of nitrogen functional groups attached to an aromatic ring is 1. The highest BCUT2D eigenvalue weighted by molar-refractivity contribution is 5.95. The van der Waals surface area contributed by atoms with E-state index in [0.29, 0.717) is 29.3 Å². The van der Waals surface area contributed by atoms with Gasteiger partial charge in [-0.1, -0.05) is 6.07 Å². The number of ether oxygens (including phenoxy) is 1. The number of hydrogen-bond donors (Lipinski definition) is 1. The molecule has 9 nitrogen and oxygen atoms in total. The van der Waals surface area contributed by atoms with E-state index >= 15 is 0 Å². The smallest absolute Gasteiger partial charge is 0.223 e. The third-order valence-corrected chi connectivity index (χ3v) is 4.76. The standard InChI is InChI=1S/C18H18N8O/c1-10-20-6-11-7-25(8-13(11)21-10)9-15-22-17-12-4-3-5-14(27-2)16(12)23-18(19)26(17)24-15/h3-6H,7-9H2,1-2H3,(H2,19,23). The molecule has 136 valence electrons. The largest absolute Gasteiger partial charge is 0.494 e. The molecule has 1 aromatic carbocycles. The first-order valence-electron chi connectivity index (χ1n) is 8.64. The molecule has 0 amide bonds. The molecule has 3 aromatic heterocycles. The van der Waals surface area contributed by atoms with Crippen molar-refractivity contribution < 1.29 is 4.74 Å². The third-order valence-electron chi connectivity index (χ3n) is 4.76. The van der Waals surface area contributed by atoms with Crippen molar-refractivity contribution in [2.24, 2.45) is 0 Å². The van der Waals surface area contributed by atoms with Crippen LogP contribution in [0.1, 0.15) is 22.9 Å². The van der Waals surface area contributed by atoms with E-state index in [1.54, 1.807) is 11.6 Å². The van der Waals surface area contributed by atoms with Crippen LogP contribution in [0.15, 0.2) is 24.4 Å². The van der Waals surface area contributed by atoms with Crippen LogP contribution in [0.2, 0.25) is 0 Å². The van der Waals surface area contributed by atoms with Crippen molar-refractivity contribution in [1.29, 1.82) is 0 Å². The molecule has 9 heteroatoms. The van der Waals surface area contributed by atoms with Crippen molar-refractivity contribution in [3.8, 4) is 5.75 Å². The molecule has 27 heavy (non-hydrogen) atoms. The van der Waals surface area contributed by atoms with Gasteiger partial charge >= 0.3 is 0 Å². The number of hydrogen-bond acceptors (Lipinski definition) is 8. The van der Waals surface area contributed by atoms with Gasteiger partial charge in [0.25, 0.3) is 0 Å². The van der Waals surface area contributed by atoms with Crippen molar-refractivity contribution in [2.75, 3.05) is 12.8 Å². The van der Waals surface area contributed by atoms with Crippen LogP contribution in [-0.4, -0.2) is 41.6 Å². The summed E-state index contributed by atoms with van der Waals surface area (Å²) < 4.78 is 6.98. The van der Waals surface area contributed by atoms with Gasteiger partial charge < -0.3 is 10.5 Å². The second-order valence-corrected chi connectivity index (χ2v) is 6.62. The first-order valence-corrected chi connectivity index (χ1v) is 8.64. The maximum Gasteiger partial charge on any atom is 0.223 e. The molecular formula is C18H18N8O. The molecule has 4 heterocycles. The second-order valence-electron chi connectivity index (χ2n) is 6.62. The van der Waals surface area contributed by atoms with Crippen LogP contribution in [0.5, 0.6) is 5.75 Å². The first-order chi connectivity index (χ1) is 13.1. The number of anilines is 1. The fraction of sp³-hybridized carbons (Fsp3) is 0.278. The third kappa shape index (κ3) is 2.55. The number of nitrogens with zero attached hydrogens (tertiary/aromatic N) is 7. The van der Waals surface area contributed by atoms with Crippen LogP contribution in [-0.2, 0) is 19.6 Å². The molecule has 5 rings (SSSR count). The number of para-hydroxylation sites is 1. The Morgan fingerprint density at radius 1 is 1.19 bits per heavy atom. The Labute approximate surface area is 154 Å². The van der Waals surface area contributed by atoms with Gasteiger partial charge in [-0.05, 0) is 19.1 Å². The Hall–Kier alpha value is -3.33. The lowest BCUT2D eigenvalue weighted by Gasteiger charge is -2.10. The Morgan fingerprint density at radius 3 is 2.93 bits per heavy atom. The summed E-state index contributed by atoms with van der Waals surface area (Å²) in [5, 5.41) is 5.42. The maximum atomic E-state index is 6.11. The van der Waals surface area contributed by atoms with Gasteiger partial charge in [-0.2, -0.15) is 4.52 Å². The van der Waals surface area contributed by atoms with Gasteiger partial charge in [0.1, 0.15) is 17.1 Å². The zero-order valence-corrected chi connectivity index (χ0v) is 15.0. The quantitative estimate of drug-likeness (QED) is 0.584. The van der Waals surface area contributed by atoms with E-state index < -0.39 is 0 Å². The SMILES string of the molecule is COc1cccc2c1nc(N)n1nc(CN3Cc4cnc(C)nc4C3)nc21. The van der Waals surface area contributed by atoms with Gasteiger partial charge in [0.05, 0.1) is 19.3 Å². The number of methoxy groups -OCH3 is 1. The second kappa shape index (κ2) is 5.85. The molecule has 0 spiro atoms. The van der Waals surface area contributed by atoms with Crippen LogP contribution < -0.4 is 10.5 Å². The Morgan fingerprint density at radius 2 is 2.07 bits per heavy atom. The number of aromatic nitrogens is 6. The van der Waals surface area contributed by atoms with E-state index in [2.05, 4.69) is 25.0 Å². The highest BCUT2D eigenvalue weighted by Gasteiger charge is 2.23. The first kappa shape index (κ1) is 15.9. The molecule has 0 bridgehead atoms. The van der Waals surface area contributed by atoms with Gasteiger partial charge in [0, 0.05) is 30.2 Å². The number of benzene rings is 1. The minimum absolute atomic E-state index is 0.284. The van der Waals surface area contributed by atoms with E-state index in [9.17, 15) is 0 Å². The highest BCUT2D eigenvalue weighted by Crippen LogP contribution is 2.28. The lowest BCUT2D eigenvalue weighted by molar-refractivity contribution is 0.267. The van der Waals surface area contributed by atoms with Gasteiger partial charge in [-0.25, -0.2) is 19.9 Å². The summed E-state index contributed by atoms with van der Waals surface area (Å²) in [6, 6.07) is 5.71. The summed E-state index contributed by atoms with van der Waals surface area (Å²) in [5.41, 5.74) is 9.70. The minimum atomic E-state index is 0.284. The molecule has 0 saturated carbocycles. The molecule has 0 aliphatic carbocycles. The highest BCUT2D eigenvalue weighted by atomic mass is 16.5. The monoisotopic (exact) mass is 362 g/mol. The predicted octanol–water partition coefficient (Wildman–Crippen LogP) is 1.48. The Kier molecular flexibility index (Phi) is 3.44. The molecule has 1 aliphatic heterocycles. The van der Waals surface area contributed by atoms with Gasteiger partial charge in [0.2, 0.25) is 5.95 Å². The summed E-state index contributed by atoms with van der Waals surface area (Å²) in [4.78, 5) is 20.2. The summed E-state index contributed by atoms with van der Waals surface area (Å²) >= 11 is 0. The molecule has 0 fully saturated rings. The van der Waals surface area contributed by atoms with Crippen LogP contribution in [0, 0.1) is 6.92 Å². The number of nitrogens with two attached hydrogens (primary N) is 1. The van der Waals surface area contributed by atoms with E-state index in [1.807, 2.05) is 31.3 Å². The zero-order valence-electron chi connectivity index (χ0n) is 15.0. The van der Waals surface area contributed by atoms with Crippen LogP contribution >= 0.6 is 0 Å². The van der Waals surface area contributed by atoms with Crippen LogP contribution in [0.3, 0.4) is 0 Å². The summed E-state index contributed by atoms with van der Waals surface area (Å²) in [6.45, 7) is 4.05. The van der Waals surface area contributed by atoms with E-state index in [0.717, 1.165) is 35.6 Å². The minimum Gasteiger partial charge on any atom is -0.494 e. The van der Waals surface area contributed by atoms with E-state index in [-0.39, 0.29) is 5.95 Å². The Bertz CT molecular complexity index is 1190. The number of rotatable bonds is 3. The molecule has 2 N–H and O–H groups in total. The Balaban J connectivity index is 1.52.